The lowest BCUT2D eigenvalue weighted by Crippen LogP contribution is -2.23. The second kappa shape index (κ2) is 6.25. The monoisotopic (exact) mass is 424 g/mol. The van der Waals surface area contributed by atoms with Crippen LogP contribution in [0.4, 0.5) is 0 Å². The summed E-state index contributed by atoms with van der Waals surface area (Å²) >= 11 is 8.36. The summed E-state index contributed by atoms with van der Waals surface area (Å²) in [4.78, 5) is 16.7. The third-order valence-corrected chi connectivity index (χ3v) is 5.10. The molecule has 2 aromatic carbocycles. The van der Waals surface area contributed by atoms with Crippen molar-refractivity contribution in [3.05, 3.63) is 62.0 Å². The van der Waals surface area contributed by atoms with Crippen LogP contribution in [0.5, 0.6) is 0 Å². The zero-order valence-corrected chi connectivity index (χ0v) is 14.8. The number of amides is 1. The van der Waals surface area contributed by atoms with Crippen molar-refractivity contribution in [2.24, 2.45) is 0 Å². The summed E-state index contributed by atoms with van der Waals surface area (Å²) in [5.41, 5.74) is 1.58. The van der Waals surface area contributed by atoms with Crippen LogP contribution in [-0.2, 0) is 6.54 Å². The summed E-state index contributed by atoms with van der Waals surface area (Å²) in [5, 5.41) is 3.80. The van der Waals surface area contributed by atoms with E-state index < -0.39 is 0 Å². The summed E-state index contributed by atoms with van der Waals surface area (Å²) in [6.07, 6.45) is 0. The smallest absolute Gasteiger partial charge is 0.252 e. The third-order valence-electron chi connectivity index (χ3n) is 2.91. The SMILES string of the molecule is O=C(NCc1nc2ccccc2s1)c1ccc(Br)cc1Br. The zero-order valence-electron chi connectivity index (χ0n) is 10.8. The first-order valence-corrected chi connectivity index (χ1v) is 8.61. The Balaban J connectivity index is 1.73. The summed E-state index contributed by atoms with van der Waals surface area (Å²) in [5.74, 6) is -0.117. The molecule has 0 fully saturated rings. The van der Waals surface area contributed by atoms with Gasteiger partial charge in [-0.15, -0.1) is 11.3 Å². The molecular weight excluding hydrogens is 416 g/mol. The summed E-state index contributed by atoms with van der Waals surface area (Å²) < 4.78 is 2.82. The van der Waals surface area contributed by atoms with Crippen molar-refractivity contribution < 1.29 is 4.79 Å². The van der Waals surface area contributed by atoms with E-state index in [4.69, 9.17) is 0 Å². The molecule has 1 N–H and O–H groups in total. The molecule has 0 aliphatic rings. The normalized spacial score (nSPS) is 10.8. The maximum absolute atomic E-state index is 12.2. The first-order chi connectivity index (χ1) is 10.1. The van der Waals surface area contributed by atoms with Gasteiger partial charge in [-0.1, -0.05) is 28.1 Å². The van der Waals surface area contributed by atoms with Crippen LogP contribution in [0.15, 0.2) is 51.4 Å². The second-order valence-electron chi connectivity index (χ2n) is 4.38. The van der Waals surface area contributed by atoms with Gasteiger partial charge in [0.05, 0.1) is 22.3 Å². The van der Waals surface area contributed by atoms with Gasteiger partial charge in [0.2, 0.25) is 0 Å². The number of para-hydroxylation sites is 1. The van der Waals surface area contributed by atoms with Crippen molar-refractivity contribution in [3.63, 3.8) is 0 Å². The molecule has 1 amide bonds. The average molecular weight is 426 g/mol. The van der Waals surface area contributed by atoms with E-state index in [9.17, 15) is 4.79 Å². The van der Waals surface area contributed by atoms with E-state index >= 15 is 0 Å². The molecule has 0 saturated carbocycles. The minimum atomic E-state index is -0.117. The number of aromatic nitrogens is 1. The lowest BCUT2D eigenvalue weighted by atomic mass is 10.2. The number of thiazole rings is 1. The fraction of sp³-hybridized carbons (Fsp3) is 0.0667. The average Bonchev–Trinajstić information content (AvgIpc) is 2.87. The maximum atomic E-state index is 12.2. The highest BCUT2D eigenvalue weighted by Gasteiger charge is 2.11. The van der Waals surface area contributed by atoms with Crippen LogP contribution >= 0.6 is 43.2 Å². The van der Waals surface area contributed by atoms with Gasteiger partial charge in [-0.2, -0.15) is 0 Å². The number of rotatable bonds is 3. The number of fused-ring (bicyclic) bond motifs is 1. The van der Waals surface area contributed by atoms with Crippen LogP contribution in [0.3, 0.4) is 0 Å². The Morgan fingerprint density at radius 1 is 1.19 bits per heavy atom. The van der Waals surface area contributed by atoms with Gasteiger partial charge in [0.15, 0.2) is 0 Å². The Hall–Kier alpha value is -1.24. The van der Waals surface area contributed by atoms with Gasteiger partial charge in [0, 0.05) is 8.95 Å². The van der Waals surface area contributed by atoms with Crippen LogP contribution in [0, 0.1) is 0 Å². The van der Waals surface area contributed by atoms with E-state index in [0.29, 0.717) is 12.1 Å². The van der Waals surface area contributed by atoms with Gasteiger partial charge >= 0.3 is 0 Å². The van der Waals surface area contributed by atoms with E-state index in [-0.39, 0.29) is 5.91 Å². The van der Waals surface area contributed by atoms with Crippen molar-refractivity contribution in [1.82, 2.24) is 10.3 Å². The van der Waals surface area contributed by atoms with Gasteiger partial charge in [0.25, 0.3) is 5.91 Å². The van der Waals surface area contributed by atoms with Gasteiger partial charge in [-0.25, -0.2) is 4.98 Å². The number of carbonyl (C=O) groups excluding carboxylic acids is 1. The highest BCUT2D eigenvalue weighted by molar-refractivity contribution is 9.11. The van der Waals surface area contributed by atoms with Gasteiger partial charge < -0.3 is 5.32 Å². The first-order valence-electron chi connectivity index (χ1n) is 6.21. The highest BCUT2D eigenvalue weighted by Crippen LogP contribution is 2.23. The van der Waals surface area contributed by atoms with Crippen molar-refractivity contribution in [3.8, 4) is 0 Å². The fourth-order valence-electron chi connectivity index (χ4n) is 1.92. The highest BCUT2D eigenvalue weighted by atomic mass is 79.9. The molecule has 0 radical (unpaired) electrons. The number of nitrogens with one attached hydrogen (secondary N) is 1. The Bertz CT molecular complexity index is 783. The van der Waals surface area contributed by atoms with Crippen LogP contribution in [0.25, 0.3) is 10.2 Å². The van der Waals surface area contributed by atoms with Crippen molar-refractivity contribution in [1.29, 1.82) is 0 Å². The van der Waals surface area contributed by atoms with E-state index in [1.54, 1.807) is 17.4 Å². The molecule has 6 heteroatoms. The van der Waals surface area contributed by atoms with E-state index in [2.05, 4.69) is 42.2 Å². The summed E-state index contributed by atoms with van der Waals surface area (Å²) in [6, 6.07) is 13.4. The Morgan fingerprint density at radius 2 is 2.00 bits per heavy atom. The van der Waals surface area contributed by atoms with Crippen molar-refractivity contribution in [2.75, 3.05) is 0 Å². The van der Waals surface area contributed by atoms with E-state index in [1.165, 1.54) is 0 Å². The molecule has 0 saturated heterocycles. The molecular formula is C15H10Br2N2OS. The van der Waals surface area contributed by atoms with Crippen LogP contribution < -0.4 is 5.32 Å². The summed E-state index contributed by atoms with van der Waals surface area (Å²) in [7, 11) is 0. The topological polar surface area (TPSA) is 42.0 Å². The molecule has 1 aromatic heterocycles. The van der Waals surface area contributed by atoms with Gasteiger partial charge in [-0.3, -0.25) is 4.79 Å². The molecule has 21 heavy (non-hydrogen) atoms. The van der Waals surface area contributed by atoms with Gasteiger partial charge in [0.1, 0.15) is 5.01 Å². The lowest BCUT2D eigenvalue weighted by Gasteiger charge is -2.05. The molecule has 106 valence electrons. The Kier molecular flexibility index (Phi) is 4.37. The number of hydrogen-bond acceptors (Lipinski definition) is 3. The molecule has 0 aliphatic carbocycles. The molecule has 1 heterocycles. The second-order valence-corrected chi connectivity index (χ2v) is 7.27. The van der Waals surface area contributed by atoms with Gasteiger partial charge in [-0.05, 0) is 46.3 Å². The quantitative estimate of drug-likeness (QED) is 0.657. The largest absolute Gasteiger partial charge is 0.345 e. The minimum Gasteiger partial charge on any atom is -0.345 e. The molecule has 0 aliphatic heterocycles. The predicted molar refractivity (Wildman–Crippen MR) is 92.6 cm³/mol. The number of benzene rings is 2. The third kappa shape index (κ3) is 3.33. The van der Waals surface area contributed by atoms with Crippen LogP contribution in [0.1, 0.15) is 15.4 Å². The molecule has 0 spiro atoms. The number of hydrogen-bond donors (Lipinski definition) is 1. The van der Waals surface area contributed by atoms with E-state index in [0.717, 1.165) is 24.2 Å². The molecule has 0 atom stereocenters. The number of halogens is 2. The lowest BCUT2D eigenvalue weighted by molar-refractivity contribution is 0.0950. The molecule has 3 nitrogen and oxygen atoms in total. The Morgan fingerprint density at radius 3 is 2.76 bits per heavy atom. The maximum Gasteiger partial charge on any atom is 0.252 e. The molecule has 3 aromatic rings. The van der Waals surface area contributed by atoms with Crippen molar-refractivity contribution in [2.45, 2.75) is 6.54 Å². The van der Waals surface area contributed by atoms with Crippen molar-refractivity contribution >= 4 is 59.3 Å². The molecule has 0 bridgehead atoms. The Labute approximate surface area is 142 Å². The number of nitrogens with zero attached hydrogens (tertiary/aromatic N) is 1. The fourth-order valence-corrected chi connectivity index (χ4v) is 4.05. The molecule has 3 rings (SSSR count). The number of carbonyl (C=O) groups is 1. The van der Waals surface area contributed by atoms with Crippen LogP contribution in [-0.4, -0.2) is 10.9 Å². The first kappa shape index (κ1) is 14.7. The zero-order chi connectivity index (χ0) is 14.8. The van der Waals surface area contributed by atoms with E-state index in [1.807, 2.05) is 36.4 Å². The standard InChI is InChI=1S/C15H10Br2N2OS/c16-9-5-6-10(11(17)7-9)15(20)18-8-14-19-12-3-1-2-4-13(12)21-14/h1-7H,8H2,(H,18,20). The summed E-state index contributed by atoms with van der Waals surface area (Å²) in [6.45, 7) is 0.431. The minimum absolute atomic E-state index is 0.117. The predicted octanol–water partition coefficient (Wildman–Crippen LogP) is 4.75. The van der Waals surface area contributed by atoms with Crippen LogP contribution in [0.2, 0.25) is 0 Å². The molecule has 0 unspecified atom stereocenters.